The van der Waals surface area contributed by atoms with Gasteiger partial charge in [0.05, 0.1) is 0 Å². The first-order valence-electron chi connectivity index (χ1n) is 11.2. The Balaban J connectivity index is 2.35. The van der Waals surface area contributed by atoms with Crippen molar-refractivity contribution in [3.05, 3.63) is 70.8 Å². The van der Waals surface area contributed by atoms with Crippen molar-refractivity contribution in [1.29, 1.82) is 0 Å². The van der Waals surface area contributed by atoms with E-state index in [9.17, 15) is 0 Å². The predicted molar refractivity (Wildman–Crippen MR) is 125 cm³/mol. The highest BCUT2D eigenvalue weighted by Crippen LogP contribution is 2.35. The maximum atomic E-state index is 2.87. The van der Waals surface area contributed by atoms with E-state index in [0.29, 0.717) is 5.92 Å². The monoisotopic (exact) mass is 382 g/mol. The molecule has 27 heavy (non-hydrogen) atoms. The number of rotatable bonds is 13. The largest absolute Gasteiger partial charge is 0.138 e. The van der Waals surface area contributed by atoms with Gasteiger partial charge in [0.2, 0.25) is 0 Å². The predicted octanol–water partition coefficient (Wildman–Crippen LogP) is 7.94. The molecule has 0 spiro atoms. The van der Waals surface area contributed by atoms with Crippen LogP contribution < -0.4 is 0 Å². The van der Waals surface area contributed by atoms with Gasteiger partial charge in [0.1, 0.15) is 0 Å². The lowest BCUT2D eigenvalue weighted by atomic mass is 9.80. The van der Waals surface area contributed by atoms with E-state index >= 15 is 0 Å². The van der Waals surface area contributed by atoms with Crippen molar-refractivity contribution in [2.75, 3.05) is 6.16 Å². The first kappa shape index (κ1) is 22.2. The smallest absolute Gasteiger partial charge is 0.00947 e. The van der Waals surface area contributed by atoms with Crippen LogP contribution >= 0.6 is 9.24 Å². The van der Waals surface area contributed by atoms with E-state index in [0.717, 1.165) is 0 Å². The minimum atomic E-state index is 0.552. The van der Waals surface area contributed by atoms with Crippen LogP contribution in [-0.2, 0) is 12.8 Å². The summed E-state index contributed by atoms with van der Waals surface area (Å²) in [6.07, 6.45) is 14.0. The third-order valence-corrected chi connectivity index (χ3v) is 6.07. The van der Waals surface area contributed by atoms with E-state index in [-0.39, 0.29) is 0 Å². The standard InChI is InChI=1S/C26H39P/c1-3-5-14-22-16-9-11-18-24(22)26(20-8-7-13-21-27)25-19-12-10-17-23(25)15-6-4-2/h9-12,16-19,26H,3-8,13-15,20-21,27H2,1-2H3. The minimum absolute atomic E-state index is 0.552. The zero-order valence-corrected chi connectivity index (χ0v) is 18.7. The molecule has 0 heterocycles. The topological polar surface area (TPSA) is 0 Å². The van der Waals surface area contributed by atoms with E-state index in [1.54, 1.807) is 22.3 Å². The summed E-state index contributed by atoms with van der Waals surface area (Å²) in [5.41, 5.74) is 6.31. The van der Waals surface area contributed by atoms with E-state index in [1.807, 2.05) is 0 Å². The van der Waals surface area contributed by atoms with Crippen molar-refractivity contribution in [1.82, 2.24) is 0 Å². The molecule has 0 saturated heterocycles. The Bertz CT molecular complexity index is 595. The Morgan fingerprint density at radius 3 is 1.67 bits per heavy atom. The van der Waals surface area contributed by atoms with Crippen LogP contribution in [0.2, 0.25) is 0 Å². The maximum Gasteiger partial charge on any atom is 0.00947 e. The summed E-state index contributed by atoms with van der Waals surface area (Å²) in [7, 11) is 2.87. The molecule has 0 aliphatic heterocycles. The van der Waals surface area contributed by atoms with Crippen LogP contribution in [0.25, 0.3) is 0 Å². The van der Waals surface area contributed by atoms with Crippen LogP contribution in [0.4, 0.5) is 0 Å². The average molecular weight is 383 g/mol. The van der Waals surface area contributed by atoms with Crippen LogP contribution in [0, 0.1) is 0 Å². The Labute approximate surface area is 170 Å². The quantitative estimate of drug-likeness (QED) is 0.244. The van der Waals surface area contributed by atoms with Crippen molar-refractivity contribution in [3.8, 4) is 0 Å². The lowest BCUT2D eigenvalue weighted by molar-refractivity contribution is 0.610. The second kappa shape index (κ2) is 13.1. The fourth-order valence-corrected chi connectivity index (χ4v) is 4.37. The Hall–Kier alpha value is -1.13. The SMILES string of the molecule is CCCCc1ccccc1C(CCCCCP)c1ccccc1CCCC. The molecule has 0 nitrogen and oxygen atoms in total. The van der Waals surface area contributed by atoms with Gasteiger partial charge >= 0.3 is 0 Å². The zero-order chi connectivity index (χ0) is 19.3. The maximum absolute atomic E-state index is 2.87. The average Bonchev–Trinajstić information content (AvgIpc) is 2.71. The molecule has 2 aromatic rings. The fraction of sp³-hybridized carbons (Fsp3) is 0.538. The van der Waals surface area contributed by atoms with Gasteiger partial charge in [-0.1, -0.05) is 88.1 Å². The molecular weight excluding hydrogens is 343 g/mol. The highest BCUT2D eigenvalue weighted by Gasteiger charge is 2.19. The second-order valence-electron chi connectivity index (χ2n) is 7.80. The summed E-state index contributed by atoms with van der Waals surface area (Å²) in [4.78, 5) is 0. The molecule has 0 N–H and O–H groups in total. The van der Waals surface area contributed by atoms with Gasteiger partial charge < -0.3 is 0 Å². The highest BCUT2D eigenvalue weighted by atomic mass is 31.0. The number of unbranched alkanes of at least 4 members (excludes halogenated alkanes) is 4. The second-order valence-corrected chi connectivity index (χ2v) is 8.37. The summed E-state index contributed by atoms with van der Waals surface area (Å²) >= 11 is 0. The van der Waals surface area contributed by atoms with Crippen molar-refractivity contribution < 1.29 is 0 Å². The number of hydrogen-bond donors (Lipinski definition) is 0. The molecule has 1 unspecified atom stereocenters. The van der Waals surface area contributed by atoms with Gasteiger partial charge in [0.25, 0.3) is 0 Å². The first-order chi connectivity index (χ1) is 13.3. The van der Waals surface area contributed by atoms with Crippen LogP contribution in [0.1, 0.15) is 93.4 Å². The van der Waals surface area contributed by atoms with Crippen LogP contribution in [0.5, 0.6) is 0 Å². The summed E-state index contributed by atoms with van der Waals surface area (Å²) in [5.74, 6) is 0.552. The summed E-state index contributed by atoms with van der Waals surface area (Å²) < 4.78 is 0. The summed E-state index contributed by atoms with van der Waals surface area (Å²) in [6.45, 7) is 4.59. The Kier molecular flexibility index (Phi) is 10.8. The molecule has 0 amide bonds. The number of benzene rings is 2. The molecular formula is C26H39P. The molecule has 1 heteroatoms. The number of hydrogen-bond acceptors (Lipinski definition) is 0. The summed E-state index contributed by atoms with van der Waals surface area (Å²) in [6, 6.07) is 18.5. The van der Waals surface area contributed by atoms with Crippen LogP contribution in [0.3, 0.4) is 0 Å². The molecule has 0 radical (unpaired) electrons. The van der Waals surface area contributed by atoms with Gasteiger partial charge in [-0.3, -0.25) is 0 Å². The third kappa shape index (κ3) is 7.08. The molecule has 2 aromatic carbocycles. The third-order valence-electron chi connectivity index (χ3n) is 5.66. The number of aryl methyl sites for hydroxylation is 2. The fourth-order valence-electron chi connectivity index (χ4n) is 4.09. The van der Waals surface area contributed by atoms with Crippen LogP contribution in [0.15, 0.2) is 48.5 Å². The van der Waals surface area contributed by atoms with E-state index in [1.165, 1.54) is 70.4 Å². The molecule has 0 aliphatic rings. The Morgan fingerprint density at radius 1 is 0.667 bits per heavy atom. The van der Waals surface area contributed by atoms with Gasteiger partial charge in [-0.15, -0.1) is 9.24 Å². The molecule has 148 valence electrons. The van der Waals surface area contributed by atoms with E-state index in [4.69, 9.17) is 0 Å². The first-order valence-corrected chi connectivity index (χ1v) is 12.0. The van der Waals surface area contributed by atoms with Gasteiger partial charge in [-0.25, -0.2) is 0 Å². The molecule has 0 aliphatic carbocycles. The van der Waals surface area contributed by atoms with Gasteiger partial charge in [-0.05, 0) is 66.9 Å². The highest BCUT2D eigenvalue weighted by molar-refractivity contribution is 7.16. The molecule has 0 fully saturated rings. The van der Waals surface area contributed by atoms with Crippen molar-refractivity contribution in [2.45, 2.75) is 84.0 Å². The van der Waals surface area contributed by atoms with E-state index < -0.39 is 0 Å². The molecule has 0 saturated carbocycles. The van der Waals surface area contributed by atoms with Crippen LogP contribution in [-0.4, -0.2) is 6.16 Å². The zero-order valence-electron chi connectivity index (χ0n) is 17.6. The lowest BCUT2D eigenvalue weighted by Gasteiger charge is -2.24. The molecule has 0 bridgehead atoms. The lowest BCUT2D eigenvalue weighted by Crippen LogP contribution is -2.08. The van der Waals surface area contributed by atoms with Gasteiger partial charge in [0.15, 0.2) is 0 Å². The molecule has 0 aromatic heterocycles. The van der Waals surface area contributed by atoms with Crippen molar-refractivity contribution >= 4 is 9.24 Å². The summed E-state index contributed by atoms with van der Waals surface area (Å²) in [5, 5.41) is 0. The normalized spacial score (nSPS) is 11.3. The van der Waals surface area contributed by atoms with Crippen molar-refractivity contribution in [3.63, 3.8) is 0 Å². The van der Waals surface area contributed by atoms with Crippen molar-refractivity contribution in [2.24, 2.45) is 0 Å². The molecule has 2 rings (SSSR count). The van der Waals surface area contributed by atoms with Gasteiger partial charge in [-0.2, -0.15) is 0 Å². The van der Waals surface area contributed by atoms with E-state index in [2.05, 4.69) is 71.6 Å². The Morgan fingerprint density at radius 2 is 1.19 bits per heavy atom. The minimum Gasteiger partial charge on any atom is -0.138 e. The molecule has 1 atom stereocenters. The van der Waals surface area contributed by atoms with Gasteiger partial charge in [0, 0.05) is 5.92 Å².